The lowest BCUT2D eigenvalue weighted by Crippen LogP contribution is -2.14. The Labute approximate surface area is 149 Å². The molecule has 0 atom stereocenters. The molecule has 7 heteroatoms. The lowest BCUT2D eigenvalue weighted by molar-refractivity contribution is 0.0649. The molecule has 0 aliphatic rings. The maximum absolute atomic E-state index is 6.29. The molecule has 0 saturated carbocycles. The Bertz CT molecular complexity index is 820. The molecule has 122 valence electrons. The number of hydrogen-bond acceptors (Lipinski definition) is 4. The van der Waals surface area contributed by atoms with Crippen molar-refractivity contribution in [2.24, 2.45) is 0 Å². The molecule has 0 aliphatic carbocycles. The Morgan fingerprint density at radius 1 is 1.17 bits per heavy atom. The van der Waals surface area contributed by atoms with Crippen LogP contribution in [0.25, 0.3) is 11.9 Å². The zero-order chi connectivity index (χ0) is 16.8. The van der Waals surface area contributed by atoms with E-state index < -0.39 is 0 Å². The average Bonchev–Trinajstić information content (AvgIpc) is 3.08. The van der Waals surface area contributed by atoms with Crippen LogP contribution >= 0.6 is 23.2 Å². The summed E-state index contributed by atoms with van der Waals surface area (Å²) in [5.41, 5.74) is 5.35. The van der Waals surface area contributed by atoms with Crippen LogP contribution in [-0.4, -0.2) is 14.8 Å². The van der Waals surface area contributed by atoms with Gasteiger partial charge in [0.25, 0.3) is 0 Å². The number of nitrogens with zero attached hydrogens (tertiary/aromatic N) is 3. The van der Waals surface area contributed by atoms with E-state index in [4.69, 9.17) is 28.0 Å². The highest BCUT2D eigenvalue weighted by Gasteiger charge is 2.08. The molecular weight excluding hydrogens is 347 g/mol. The molecule has 0 unspecified atom stereocenters. The third kappa shape index (κ3) is 4.35. The normalized spacial score (nSPS) is 11.5. The van der Waals surface area contributed by atoms with Gasteiger partial charge in [-0.1, -0.05) is 53.5 Å². The van der Waals surface area contributed by atoms with Crippen LogP contribution in [0.4, 0.5) is 0 Å². The van der Waals surface area contributed by atoms with Crippen LogP contribution < -0.4 is 5.48 Å². The molecule has 1 aromatic heterocycles. The third-order valence-corrected chi connectivity index (χ3v) is 3.73. The van der Waals surface area contributed by atoms with Crippen LogP contribution in [-0.2, 0) is 11.4 Å². The topological polar surface area (TPSA) is 52.0 Å². The molecule has 24 heavy (non-hydrogen) atoms. The fraction of sp³-hybridized carbons (Fsp3) is 0.0588. The van der Waals surface area contributed by atoms with Crippen molar-refractivity contribution >= 4 is 35.1 Å². The Balaban J connectivity index is 1.80. The molecular formula is C17H14Cl2N4O. The van der Waals surface area contributed by atoms with E-state index in [0.29, 0.717) is 22.3 Å². The van der Waals surface area contributed by atoms with Gasteiger partial charge in [-0.2, -0.15) is 5.10 Å². The zero-order valence-electron chi connectivity index (χ0n) is 12.6. The number of rotatable bonds is 6. The van der Waals surface area contributed by atoms with Crippen molar-refractivity contribution in [1.29, 1.82) is 0 Å². The van der Waals surface area contributed by atoms with E-state index in [1.165, 1.54) is 6.33 Å². The van der Waals surface area contributed by atoms with E-state index in [1.54, 1.807) is 29.3 Å². The van der Waals surface area contributed by atoms with E-state index in [-0.39, 0.29) is 0 Å². The molecule has 1 N–H and O–H groups in total. The van der Waals surface area contributed by atoms with Gasteiger partial charge < -0.3 is 0 Å². The molecule has 0 bridgehead atoms. The predicted molar refractivity (Wildman–Crippen MR) is 95.0 cm³/mol. The first-order valence-electron chi connectivity index (χ1n) is 7.15. The van der Waals surface area contributed by atoms with Crippen molar-refractivity contribution in [1.82, 2.24) is 20.2 Å². The summed E-state index contributed by atoms with van der Waals surface area (Å²) in [6.07, 6.45) is 4.75. The predicted octanol–water partition coefficient (Wildman–Crippen LogP) is 4.26. The fourth-order valence-corrected chi connectivity index (χ4v) is 2.56. The second-order valence-corrected chi connectivity index (χ2v) is 5.76. The van der Waals surface area contributed by atoms with Crippen molar-refractivity contribution in [3.05, 3.63) is 82.4 Å². The summed E-state index contributed by atoms with van der Waals surface area (Å²) in [7, 11) is 0. The Hall–Kier alpha value is -2.34. The van der Waals surface area contributed by atoms with Gasteiger partial charge in [0.1, 0.15) is 12.7 Å². The maximum Gasteiger partial charge on any atom is 0.138 e. The fourth-order valence-electron chi connectivity index (χ4n) is 2.05. The summed E-state index contributed by atoms with van der Waals surface area (Å²) in [4.78, 5) is 9.52. The lowest BCUT2D eigenvalue weighted by Gasteiger charge is -2.13. The Kier molecular flexibility index (Phi) is 5.48. The molecule has 0 amide bonds. The van der Waals surface area contributed by atoms with Gasteiger partial charge in [-0.3, -0.25) is 10.3 Å². The van der Waals surface area contributed by atoms with Crippen LogP contribution in [0.1, 0.15) is 11.1 Å². The largest absolute Gasteiger partial charge is 0.271 e. The number of aromatic nitrogens is 3. The number of halogens is 2. The summed E-state index contributed by atoms with van der Waals surface area (Å²) in [6.45, 7) is 0.404. The van der Waals surface area contributed by atoms with Crippen molar-refractivity contribution in [2.75, 3.05) is 0 Å². The number of nitrogens with one attached hydrogen (secondary N) is 1. The lowest BCUT2D eigenvalue weighted by atomic mass is 10.2. The van der Waals surface area contributed by atoms with Crippen LogP contribution in [0.2, 0.25) is 10.0 Å². The molecule has 2 aromatic carbocycles. The minimum absolute atomic E-state index is 0.404. The number of hydrogen-bond donors (Lipinski definition) is 1. The summed E-state index contributed by atoms with van der Waals surface area (Å²) in [5, 5.41) is 5.13. The summed E-state index contributed by atoms with van der Waals surface area (Å²) >= 11 is 12.3. The van der Waals surface area contributed by atoms with Gasteiger partial charge in [-0.15, -0.1) is 0 Å². The van der Waals surface area contributed by atoms with Crippen molar-refractivity contribution in [2.45, 2.75) is 6.61 Å². The van der Waals surface area contributed by atoms with Gasteiger partial charge in [0.05, 0.1) is 23.5 Å². The zero-order valence-corrected chi connectivity index (χ0v) is 14.1. The minimum atomic E-state index is 0.404. The molecule has 3 aromatic rings. The highest BCUT2D eigenvalue weighted by Crippen LogP contribution is 2.26. The highest BCUT2D eigenvalue weighted by molar-refractivity contribution is 6.35. The van der Waals surface area contributed by atoms with Crippen LogP contribution in [0.3, 0.4) is 0 Å². The first kappa shape index (κ1) is 16.5. The molecule has 0 fully saturated rings. The maximum atomic E-state index is 6.29. The second kappa shape index (κ2) is 7.97. The summed E-state index contributed by atoms with van der Waals surface area (Å²) < 4.78 is 1.55. The molecule has 5 nitrogen and oxygen atoms in total. The molecule has 3 rings (SSSR count). The third-order valence-electron chi connectivity index (χ3n) is 3.18. The smallest absolute Gasteiger partial charge is 0.138 e. The van der Waals surface area contributed by atoms with Gasteiger partial charge in [0, 0.05) is 10.6 Å². The highest BCUT2D eigenvalue weighted by atomic mass is 35.5. The first-order chi connectivity index (χ1) is 11.7. The van der Waals surface area contributed by atoms with Gasteiger partial charge in [-0.05, 0) is 23.8 Å². The monoisotopic (exact) mass is 360 g/mol. The molecule has 0 radical (unpaired) electrons. The molecule has 1 heterocycles. The van der Waals surface area contributed by atoms with Gasteiger partial charge >= 0.3 is 0 Å². The van der Waals surface area contributed by atoms with Crippen molar-refractivity contribution in [3.63, 3.8) is 0 Å². The van der Waals surface area contributed by atoms with E-state index in [9.17, 15) is 0 Å². The van der Waals surface area contributed by atoms with Gasteiger partial charge in [0.2, 0.25) is 0 Å². The van der Waals surface area contributed by atoms with Crippen LogP contribution in [0, 0.1) is 0 Å². The van der Waals surface area contributed by atoms with Crippen molar-refractivity contribution < 1.29 is 4.84 Å². The van der Waals surface area contributed by atoms with Gasteiger partial charge in [-0.25, -0.2) is 9.67 Å². The second-order valence-electron chi connectivity index (χ2n) is 4.92. The van der Waals surface area contributed by atoms with Crippen LogP contribution in [0.5, 0.6) is 0 Å². The summed E-state index contributed by atoms with van der Waals surface area (Å²) in [6, 6.07) is 15.1. The number of benzene rings is 2. The molecule has 0 spiro atoms. The average molecular weight is 361 g/mol. The molecule has 0 saturated heterocycles. The Morgan fingerprint density at radius 2 is 2.00 bits per heavy atom. The SMILES string of the molecule is Clc1ccc(C(=Cn2cncn2)NOCc2ccccc2)c(Cl)c1. The quantitative estimate of drug-likeness (QED) is 0.667. The van der Waals surface area contributed by atoms with Gasteiger partial charge in [0.15, 0.2) is 0 Å². The van der Waals surface area contributed by atoms with E-state index >= 15 is 0 Å². The first-order valence-corrected chi connectivity index (χ1v) is 7.91. The minimum Gasteiger partial charge on any atom is -0.271 e. The standard InChI is InChI=1S/C17H14Cl2N4O/c18-14-6-7-15(16(19)8-14)17(9-23-12-20-11-21-23)22-24-10-13-4-2-1-3-5-13/h1-9,11-12,22H,10H2. The molecule has 0 aliphatic heterocycles. The van der Waals surface area contributed by atoms with Crippen molar-refractivity contribution in [3.8, 4) is 0 Å². The van der Waals surface area contributed by atoms with Crippen LogP contribution in [0.15, 0.2) is 61.2 Å². The Morgan fingerprint density at radius 3 is 2.71 bits per heavy atom. The van der Waals surface area contributed by atoms with E-state index in [1.807, 2.05) is 36.4 Å². The summed E-state index contributed by atoms with van der Waals surface area (Å²) in [5.74, 6) is 0. The van der Waals surface area contributed by atoms with E-state index in [2.05, 4.69) is 15.6 Å². The van der Waals surface area contributed by atoms with E-state index in [0.717, 1.165) is 11.1 Å². The number of hydroxylamine groups is 1.